The summed E-state index contributed by atoms with van der Waals surface area (Å²) in [6, 6.07) is 4.27. The first-order valence-corrected chi connectivity index (χ1v) is 8.72. The highest BCUT2D eigenvalue weighted by molar-refractivity contribution is 7.89. The van der Waals surface area contributed by atoms with Gasteiger partial charge in [0.15, 0.2) is 5.75 Å². The van der Waals surface area contributed by atoms with E-state index in [0.717, 1.165) is 16.4 Å². The maximum absolute atomic E-state index is 12.5. The molecule has 0 aliphatic carbocycles. The van der Waals surface area contributed by atoms with Gasteiger partial charge in [-0.25, -0.2) is 12.7 Å². The van der Waals surface area contributed by atoms with Crippen molar-refractivity contribution in [2.45, 2.75) is 25.1 Å². The smallest absolute Gasteiger partial charge is 0.416 e. The van der Waals surface area contributed by atoms with Gasteiger partial charge in [-0.15, -0.1) is 0 Å². The molecule has 1 heterocycles. The topological polar surface area (TPSA) is 83.9 Å². The van der Waals surface area contributed by atoms with E-state index in [4.69, 9.17) is 9.84 Å². The average molecular weight is 367 g/mol. The summed E-state index contributed by atoms with van der Waals surface area (Å²) in [5, 5.41) is 8.60. The summed E-state index contributed by atoms with van der Waals surface area (Å²) in [6.07, 6.45) is -4.08. The van der Waals surface area contributed by atoms with Gasteiger partial charge in [0.25, 0.3) is 0 Å². The molecule has 0 bridgehead atoms. The lowest BCUT2D eigenvalue weighted by Crippen LogP contribution is -2.43. The highest BCUT2D eigenvalue weighted by atomic mass is 32.2. The fourth-order valence-electron chi connectivity index (χ4n) is 2.39. The standard InChI is InChI=1S/C14H16F3NO5S/c15-14(16,17)10-1-3-11(4-2-10)23-12-5-7-18(8-6-12)24(21,22)9-13(19)20/h1-4,12H,5-9H2,(H,19,20). The zero-order chi connectivity index (χ0) is 18.0. The number of carboxylic acid groups (broad SMARTS) is 1. The number of aliphatic carboxylic acids is 1. The summed E-state index contributed by atoms with van der Waals surface area (Å²) in [6.45, 7) is 0.224. The highest BCUT2D eigenvalue weighted by Gasteiger charge is 2.31. The number of rotatable bonds is 5. The van der Waals surface area contributed by atoms with Crippen LogP contribution in [0.4, 0.5) is 13.2 Å². The van der Waals surface area contributed by atoms with Gasteiger partial charge < -0.3 is 9.84 Å². The zero-order valence-corrected chi connectivity index (χ0v) is 13.3. The molecule has 1 aliphatic rings. The molecule has 0 aromatic heterocycles. The van der Waals surface area contributed by atoms with Crippen molar-refractivity contribution in [3.8, 4) is 5.75 Å². The van der Waals surface area contributed by atoms with Crippen LogP contribution in [0.3, 0.4) is 0 Å². The number of piperidine rings is 1. The van der Waals surface area contributed by atoms with Crippen molar-refractivity contribution in [2.24, 2.45) is 0 Å². The van der Waals surface area contributed by atoms with Crippen LogP contribution in [0.15, 0.2) is 24.3 Å². The van der Waals surface area contributed by atoms with E-state index in [1.54, 1.807) is 0 Å². The van der Waals surface area contributed by atoms with Crippen molar-refractivity contribution in [3.05, 3.63) is 29.8 Å². The van der Waals surface area contributed by atoms with E-state index in [1.165, 1.54) is 12.1 Å². The molecule has 1 saturated heterocycles. The van der Waals surface area contributed by atoms with Gasteiger partial charge in [0.05, 0.1) is 5.56 Å². The van der Waals surface area contributed by atoms with Gasteiger partial charge in [-0.05, 0) is 37.1 Å². The minimum absolute atomic E-state index is 0.112. The number of nitrogens with zero attached hydrogens (tertiary/aromatic N) is 1. The van der Waals surface area contributed by atoms with Crippen LogP contribution in [0.5, 0.6) is 5.75 Å². The van der Waals surface area contributed by atoms with Crippen molar-refractivity contribution < 1.29 is 36.2 Å². The Hall–Kier alpha value is -1.81. The third-order valence-electron chi connectivity index (χ3n) is 3.58. The SMILES string of the molecule is O=C(O)CS(=O)(=O)N1CCC(Oc2ccc(C(F)(F)F)cc2)CC1. The Balaban J connectivity index is 1.90. The zero-order valence-electron chi connectivity index (χ0n) is 12.5. The van der Waals surface area contributed by atoms with Crippen LogP contribution in [0.1, 0.15) is 18.4 Å². The predicted octanol–water partition coefficient (Wildman–Crippen LogP) is 1.96. The molecule has 0 spiro atoms. The summed E-state index contributed by atoms with van der Waals surface area (Å²) >= 11 is 0. The number of benzene rings is 1. The Morgan fingerprint density at radius 1 is 1.21 bits per heavy atom. The summed E-state index contributed by atoms with van der Waals surface area (Å²) in [5.41, 5.74) is -0.774. The Kier molecular flexibility index (Phi) is 5.38. The van der Waals surface area contributed by atoms with Crippen molar-refractivity contribution in [1.29, 1.82) is 0 Å². The van der Waals surface area contributed by atoms with Crippen LogP contribution < -0.4 is 4.74 Å². The lowest BCUT2D eigenvalue weighted by atomic mass is 10.1. The van der Waals surface area contributed by atoms with E-state index in [1.807, 2.05) is 0 Å². The molecule has 1 aliphatic heterocycles. The second-order valence-electron chi connectivity index (χ2n) is 5.39. The first kappa shape index (κ1) is 18.5. The molecule has 1 N–H and O–H groups in total. The quantitative estimate of drug-likeness (QED) is 0.860. The van der Waals surface area contributed by atoms with Crippen LogP contribution >= 0.6 is 0 Å². The van der Waals surface area contributed by atoms with Crippen LogP contribution in [-0.4, -0.2) is 48.7 Å². The maximum Gasteiger partial charge on any atom is 0.416 e. The lowest BCUT2D eigenvalue weighted by Gasteiger charge is -2.31. The monoisotopic (exact) mass is 367 g/mol. The minimum atomic E-state index is -4.41. The summed E-state index contributed by atoms with van der Waals surface area (Å²) in [4.78, 5) is 10.6. The Morgan fingerprint density at radius 2 is 1.75 bits per heavy atom. The van der Waals surface area contributed by atoms with Gasteiger partial charge in [0.1, 0.15) is 11.9 Å². The molecule has 1 aromatic carbocycles. The normalized spacial score (nSPS) is 17.6. The third-order valence-corrected chi connectivity index (χ3v) is 5.35. The summed E-state index contributed by atoms with van der Waals surface area (Å²) < 4.78 is 67.7. The molecule has 1 aromatic rings. The third kappa shape index (κ3) is 4.84. The molecular formula is C14H16F3NO5S. The highest BCUT2D eigenvalue weighted by Crippen LogP contribution is 2.31. The van der Waals surface area contributed by atoms with Gasteiger partial charge in [0.2, 0.25) is 10.0 Å². The Bertz CT molecular complexity index is 679. The van der Waals surface area contributed by atoms with Gasteiger partial charge in [-0.2, -0.15) is 13.2 Å². The first-order chi connectivity index (χ1) is 11.1. The molecule has 0 amide bonds. The minimum Gasteiger partial charge on any atom is -0.490 e. The number of alkyl halides is 3. The molecule has 0 unspecified atom stereocenters. The van der Waals surface area contributed by atoms with Gasteiger partial charge in [-0.1, -0.05) is 0 Å². The van der Waals surface area contributed by atoms with E-state index < -0.39 is 33.5 Å². The van der Waals surface area contributed by atoms with Crippen LogP contribution in [0.25, 0.3) is 0 Å². The molecular weight excluding hydrogens is 351 g/mol. The van der Waals surface area contributed by atoms with E-state index in [2.05, 4.69) is 0 Å². The number of sulfonamides is 1. The van der Waals surface area contributed by atoms with Crippen molar-refractivity contribution in [2.75, 3.05) is 18.8 Å². The fraction of sp³-hybridized carbons (Fsp3) is 0.500. The summed E-state index contributed by atoms with van der Waals surface area (Å²) in [7, 11) is -3.85. The van der Waals surface area contributed by atoms with E-state index in [9.17, 15) is 26.4 Å². The van der Waals surface area contributed by atoms with E-state index in [0.29, 0.717) is 12.8 Å². The maximum atomic E-state index is 12.5. The fourth-order valence-corrected chi connectivity index (χ4v) is 3.65. The molecule has 10 heteroatoms. The van der Waals surface area contributed by atoms with Crippen LogP contribution in [0.2, 0.25) is 0 Å². The molecule has 0 saturated carbocycles. The molecule has 6 nitrogen and oxygen atoms in total. The number of ether oxygens (including phenoxy) is 1. The molecule has 2 rings (SSSR count). The van der Waals surface area contributed by atoms with Crippen molar-refractivity contribution >= 4 is 16.0 Å². The van der Waals surface area contributed by atoms with Crippen LogP contribution in [0, 0.1) is 0 Å². The molecule has 24 heavy (non-hydrogen) atoms. The number of halogens is 3. The summed E-state index contributed by atoms with van der Waals surface area (Å²) in [5.74, 6) is -2.11. The van der Waals surface area contributed by atoms with Crippen molar-refractivity contribution in [3.63, 3.8) is 0 Å². The first-order valence-electron chi connectivity index (χ1n) is 7.11. The second kappa shape index (κ2) is 6.98. The van der Waals surface area contributed by atoms with Gasteiger partial charge >= 0.3 is 12.1 Å². The number of hydrogen-bond acceptors (Lipinski definition) is 4. The Labute approximate surface area is 136 Å². The van der Waals surface area contributed by atoms with Crippen LogP contribution in [-0.2, 0) is 21.0 Å². The number of carbonyl (C=O) groups is 1. The number of carboxylic acids is 1. The second-order valence-corrected chi connectivity index (χ2v) is 7.36. The molecule has 134 valence electrons. The lowest BCUT2D eigenvalue weighted by molar-refractivity contribution is -0.137. The predicted molar refractivity (Wildman–Crippen MR) is 78.1 cm³/mol. The molecule has 0 radical (unpaired) electrons. The van der Waals surface area contributed by atoms with Gasteiger partial charge in [-0.3, -0.25) is 4.79 Å². The van der Waals surface area contributed by atoms with E-state index >= 15 is 0 Å². The average Bonchev–Trinajstić information content (AvgIpc) is 2.46. The van der Waals surface area contributed by atoms with E-state index in [-0.39, 0.29) is 24.9 Å². The van der Waals surface area contributed by atoms with Gasteiger partial charge in [0, 0.05) is 13.1 Å². The van der Waals surface area contributed by atoms with Crippen molar-refractivity contribution in [1.82, 2.24) is 4.31 Å². The molecule has 1 fully saturated rings. The molecule has 0 atom stereocenters. The Morgan fingerprint density at radius 3 is 2.21 bits per heavy atom. The number of hydrogen-bond donors (Lipinski definition) is 1. The largest absolute Gasteiger partial charge is 0.490 e.